The number of rotatable bonds is 1. The molecule has 0 fully saturated rings. The average Bonchev–Trinajstić information content (AvgIpc) is 2.61. The topological polar surface area (TPSA) is 24.1 Å². The summed E-state index contributed by atoms with van der Waals surface area (Å²) in [4.78, 5) is 0. The molecule has 18 heavy (non-hydrogen) atoms. The van der Waals surface area contributed by atoms with Crippen LogP contribution in [0.5, 0.6) is 0 Å². The van der Waals surface area contributed by atoms with E-state index >= 15 is 0 Å². The summed E-state index contributed by atoms with van der Waals surface area (Å²) in [6, 6.07) is 16.6. The highest BCUT2D eigenvalue weighted by Crippen LogP contribution is 2.35. The highest BCUT2D eigenvalue weighted by molar-refractivity contribution is 6.30. The summed E-state index contributed by atoms with van der Waals surface area (Å²) in [5, 5.41) is 0.790. The zero-order valence-corrected chi connectivity index (χ0v) is 10.7. The molecule has 2 nitrogen and oxygen atoms in total. The fraction of sp³-hybridized carbons (Fsp3) is 0.200. The van der Waals surface area contributed by atoms with Crippen LogP contribution in [0.4, 0.5) is 5.69 Å². The Bertz CT molecular complexity index is 539. The molecule has 0 aromatic heterocycles. The number of benzene rings is 2. The molecule has 3 rings (SSSR count). The highest BCUT2D eigenvalue weighted by Gasteiger charge is 2.20. The first-order chi connectivity index (χ1) is 8.84. The first-order valence-corrected chi connectivity index (χ1v) is 6.55. The Balaban J connectivity index is 2.08. The second-order valence-corrected chi connectivity index (χ2v) is 4.97. The Hall–Kier alpha value is -1.51. The van der Waals surface area contributed by atoms with Crippen molar-refractivity contribution in [1.29, 1.82) is 0 Å². The van der Waals surface area contributed by atoms with Gasteiger partial charge in [-0.2, -0.15) is 0 Å². The molecule has 2 aromatic carbocycles. The minimum absolute atomic E-state index is 0.391. The predicted molar refractivity (Wildman–Crippen MR) is 76.0 cm³/mol. The van der Waals surface area contributed by atoms with Crippen molar-refractivity contribution in [2.24, 2.45) is 0 Å². The van der Waals surface area contributed by atoms with Crippen LogP contribution in [0.3, 0.4) is 0 Å². The van der Waals surface area contributed by atoms with E-state index in [1.54, 1.807) is 0 Å². The molecule has 0 spiro atoms. The second kappa shape index (κ2) is 5.01. The number of hydrazine groups is 1. The van der Waals surface area contributed by atoms with E-state index in [1.807, 2.05) is 12.1 Å². The molecule has 1 unspecified atom stereocenters. The maximum Gasteiger partial charge on any atom is 0.0526 e. The molecule has 0 aliphatic carbocycles. The summed E-state index contributed by atoms with van der Waals surface area (Å²) in [6.45, 7) is 0.936. The number of hydrogen-bond acceptors (Lipinski definition) is 2. The summed E-state index contributed by atoms with van der Waals surface area (Å²) in [5.41, 5.74) is 10.2. The lowest BCUT2D eigenvalue weighted by Gasteiger charge is -2.17. The van der Waals surface area contributed by atoms with Gasteiger partial charge in [-0.1, -0.05) is 41.9 Å². The van der Waals surface area contributed by atoms with Crippen LogP contribution in [0, 0.1) is 0 Å². The number of nitrogens with one attached hydrogen (secondary N) is 2. The predicted octanol–water partition coefficient (Wildman–Crippen LogP) is 3.79. The molecule has 2 N–H and O–H groups in total. The van der Waals surface area contributed by atoms with Gasteiger partial charge in [0.2, 0.25) is 0 Å². The number of hydrogen-bond donors (Lipinski definition) is 2. The van der Waals surface area contributed by atoms with Gasteiger partial charge in [0.05, 0.1) is 5.69 Å². The lowest BCUT2D eigenvalue weighted by Crippen LogP contribution is -2.20. The van der Waals surface area contributed by atoms with Crippen LogP contribution in [0.15, 0.2) is 48.5 Å². The van der Waals surface area contributed by atoms with Crippen LogP contribution in [0.25, 0.3) is 0 Å². The maximum absolute atomic E-state index is 6.13. The molecule has 1 aliphatic rings. The Morgan fingerprint density at radius 2 is 1.89 bits per heavy atom. The molecule has 3 heteroatoms. The van der Waals surface area contributed by atoms with Gasteiger partial charge in [-0.15, -0.1) is 0 Å². The van der Waals surface area contributed by atoms with Crippen LogP contribution in [0.2, 0.25) is 5.02 Å². The lowest BCUT2D eigenvalue weighted by molar-refractivity contribution is 0.681. The Morgan fingerprint density at radius 1 is 1.06 bits per heavy atom. The van der Waals surface area contributed by atoms with Gasteiger partial charge in [0, 0.05) is 17.5 Å². The molecule has 92 valence electrons. The summed E-state index contributed by atoms with van der Waals surface area (Å²) in [7, 11) is 0. The first kappa shape index (κ1) is 11.6. The molecule has 0 radical (unpaired) electrons. The fourth-order valence-electron chi connectivity index (χ4n) is 2.50. The van der Waals surface area contributed by atoms with Gasteiger partial charge in [-0.05, 0) is 35.7 Å². The molecule has 0 saturated carbocycles. The van der Waals surface area contributed by atoms with E-state index in [2.05, 4.69) is 47.2 Å². The smallest absolute Gasteiger partial charge is 0.0526 e. The average molecular weight is 259 g/mol. The van der Waals surface area contributed by atoms with Crippen LogP contribution in [-0.4, -0.2) is 6.54 Å². The Morgan fingerprint density at radius 3 is 2.72 bits per heavy atom. The molecule has 0 saturated heterocycles. The number of halogens is 1. The van der Waals surface area contributed by atoms with Crippen molar-refractivity contribution in [1.82, 2.24) is 5.43 Å². The normalized spacial score (nSPS) is 18.6. The minimum atomic E-state index is 0.391. The third-order valence-corrected chi connectivity index (χ3v) is 3.61. The van der Waals surface area contributed by atoms with Crippen molar-refractivity contribution in [3.63, 3.8) is 0 Å². The molecule has 2 aromatic rings. The van der Waals surface area contributed by atoms with Crippen molar-refractivity contribution in [2.45, 2.75) is 12.3 Å². The van der Waals surface area contributed by atoms with Crippen molar-refractivity contribution < 1.29 is 0 Å². The quantitative estimate of drug-likeness (QED) is 0.813. The summed E-state index contributed by atoms with van der Waals surface area (Å²) >= 11 is 6.13. The number of anilines is 1. The third-order valence-electron chi connectivity index (χ3n) is 3.37. The van der Waals surface area contributed by atoms with Gasteiger partial charge < -0.3 is 5.43 Å². The zero-order valence-electron chi connectivity index (χ0n) is 9.99. The highest BCUT2D eigenvalue weighted by atomic mass is 35.5. The third kappa shape index (κ3) is 2.22. The molecule has 1 aliphatic heterocycles. The van der Waals surface area contributed by atoms with E-state index in [0.717, 1.165) is 23.7 Å². The molecule has 0 amide bonds. The van der Waals surface area contributed by atoms with Gasteiger partial charge in [-0.25, -0.2) is 5.43 Å². The van der Waals surface area contributed by atoms with Gasteiger partial charge >= 0.3 is 0 Å². The van der Waals surface area contributed by atoms with Crippen LogP contribution >= 0.6 is 11.6 Å². The van der Waals surface area contributed by atoms with Crippen LogP contribution in [-0.2, 0) is 0 Å². The SMILES string of the molecule is Clc1ccc2c(c1)C(c1ccccc1)CCNN2. The van der Waals surface area contributed by atoms with E-state index in [-0.39, 0.29) is 0 Å². The van der Waals surface area contributed by atoms with E-state index in [0.29, 0.717) is 5.92 Å². The minimum Gasteiger partial charge on any atom is -0.321 e. The summed E-state index contributed by atoms with van der Waals surface area (Å²) in [6.07, 6.45) is 1.06. The van der Waals surface area contributed by atoms with Gasteiger partial charge in [0.25, 0.3) is 0 Å². The Kier molecular flexibility index (Phi) is 3.22. The fourth-order valence-corrected chi connectivity index (χ4v) is 2.68. The van der Waals surface area contributed by atoms with E-state index < -0.39 is 0 Å². The molecular weight excluding hydrogens is 244 g/mol. The van der Waals surface area contributed by atoms with Gasteiger partial charge in [-0.3, -0.25) is 0 Å². The maximum atomic E-state index is 6.13. The van der Waals surface area contributed by atoms with Gasteiger partial charge in [0.15, 0.2) is 0 Å². The largest absolute Gasteiger partial charge is 0.321 e. The standard InChI is InChI=1S/C15H15ClN2/c16-12-6-7-15-14(10-12)13(8-9-17-18-15)11-4-2-1-3-5-11/h1-7,10,13,17-18H,8-9H2. The lowest BCUT2D eigenvalue weighted by atomic mass is 9.88. The van der Waals surface area contributed by atoms with Crippen LogP contribution < -0.4 is 10.9 Å². The zero-order chi connectivity index (χ0) is 12.4. The summed E-state index contributed by atoms with van der Waals surface area (Å²) in [5.74, 6) is 0.391. The second-order valence-electron chi connectivity index (χ2n) is 4.54. The Labute approximate surface area is 112 Å². The van der Waals surface area contributed by atoms with E-state index in [4.69, 9.17) is 11.6 Å². The summed E-state index contributed by atoms with van der Waals surface area (Å²) < 4.78 is 0. The molecular formula is C15H15ClN2. The van der Waals surface area contributed by atoms with E-state index in [9.17, 15) is 0 Å². The molecule has 1 heterocycles. The van der Waals surface area contributed by atoms with E-state index in [1.165, 1.54) is 11.1 Å². The number of fused-ring (bicyclic) bond motifs is 1. The van der Waals surface area contributed by atoms with Crippen molar-refractivity contribution in [3.8, 4) is 0 Å². The van der Waals surface area contributed by atoms with Crippen molar-refractivity contribution in [3.05, 3.63) is 64.7 Å². The van der Waals surface area contributed by atoms with Crippen molar-refractivity contribution in [2.75, 3.05) is 12.0 Å². The van der Waals surface area contributed by atoms with Crippen molar-refractivity contribution >= 4 is 17.3 Å². The van der Waals surface area contributed by atoms with Gasteiger partial charge in [0.1, 0.15) is 0 Å². The monoisotopic (exact) mass is 258 g/mol. The molecule has 1 atom stereocenters. The molecule has 0 bridgehead atoms. The van der Waals surface area contributed by atoms with Crippen LogP contribution in [0.1, 0.15) is 23.5 Å². The first-order valence-electron chi connectivity index (χ1n) is 6.18.